The highest BCUT2D eigenvalue weighted by Gasteiger charge is 2.23. The first-order chi connectivity index (χ1) is 14.5. The second-order valence-electron chi connectivity index (χ2n) is 7.43. The molecule has 2 aromatic carbocycles. The molecule has 7 nitrogen and oxygen atoms in total. The molecular formula is C22H26N4O3S. The lowest BCUT2D eigenvalue weighted by molar-refractivity contribution is 0.208. The highest BCUT2D eigenvalue weighted by Crippen LogP contribution is 2.32. The molecule has 158 valence electrons. The summed E-state index contributed by atoms with van der Waals surface area (Å²) in [6.45, 7) is 7.01. The fourth-order valence-corrected chi connectivity index (χ4v) is 4.87. The molecule has 0 aliphatic carbocycles. The van der Waals surface area contributed by atoms with E-state index >= 15 is 0 Å². The molecule has 8 heteroatoms. The van der Waals surface area contributed by atoms with Gasteiger partial charge in [0, 0.05) is 50.1 Å². The Morgan fingerprint density at radius 2 is 1.67 bits per heavy atom. The number of ether oxygens (including phenoxy) is 2. The van der Waals surface area contributed by atoms with Gasteiger partial charge in [0.25, 0.3) is 0 Å². The first-order valence-corrected chi connectivity index (χ1v) is 10.7. The summed E-state index contributed by atoms with van der Waals surface area (Å²) in [5.41, 5.74) is 4.19. The summed E-state index contributed by atoms with van der Waals surface area (Å²) in [7, 11) is 3.18. The van der Waals surface area contributed by atoms with Gasteiger partial charge in [-0.1, -0.05) is 17.4 Å². The van der Waals surface area contributed by atoms with E-state index in [2.05, 4.69) is 36.2 Å². The number of fused-ring (bicyclic) bond motifs is 1. The van der Waals surface area contributed by atoms with Gasteiger partial charge in [0.05, 0.1) is 24.4 Å². The van der Waals surface area contributed by atoms with Crippen LogP contribution in [0.2, 0.25) is 0 Å². The number of benzene rings is 2. The highest BCUT2D eigenvalue weighted by molar-refractivity contribution is 7.22. The number of amides is 2. The third kappa shape index (κ3) is 4.14. The van der Waals surface area contributed by atoms with Crippen molar-refractivity contribution in [2.24, 2.45) is 0 Å². The number of rotatable bonds is 4. The predicted octanol–water partition coefficient (Wildman–Crippen LogP) is 4.28. The van der Waals surface area contributed by atoms with Gasteiger partial charge in [0.15, 0.2) is 5.13 Å². The van der Waals surface area contributed by atoms with Gasteiger partial charge in [0.1, 0.15) is 11.5 Å². The Morgan fingerprint density at radius 1 is 1.00 bits per heavy atom. The second-order valence-corrected chi connectivity index (χ2v) is 8.44. The minimum absolute atomic E-state index is 0.124. The van der Waals surface area contributed by atoms with E-state index in [1.807, 2.05) is 4.90 Å². The van der Waals surface area contributed by atoms with E-state index in [-0.39, 0.29) is 6.03 Å². The zero-order chi connectivity index (χ0) is 21.3. The molecule has 2 amide bonds. The molecule has 1 fully saturated rings. The van der Waals surface area contributed by atoms with Crippen LogP contribution in [0.4, 0.5) is 15.6 Å². The summed E-state index contributed by atoms with van der Waals surface area (Å²) in [5, 5.41) is 3.97. The second kappa shape index (κ2) is 8.39. The van der Waals surface area contributed by atoms with Crippen molar-refractivity contribution >= 4 is 38.4 Å². The van der Waals surface area contributed by atoms with Crippen LogP contribution in [0.3, 0.4) is 0 Å². The van der Waals surface area contributed by atoms with Gasteiger partial charge < -0.3 is 24.6 Å². The van der Waals surface area contributed by atoms with E-state index in [9.17, 15) is 4.79 Å². The van der Waals surface area contributed by atoms with Gasteiger partial charge in [-0.3, -0.25) is 0 Å². The molecule has 0 unspecified atom stereocenters. The van der Waals surface area contributed by atoms with Crippen LogP contribution in [0.1, 0.15) is 11.1 Å². The molecule has 1 aromatic heterocycles. The van der Waals surface area contributed by atoms with Gasteiger partial charge in [-0.25, -0.2) is 9.78 Å². The largest absolute Gasteiger partial charge is 0.497 e. The Labute approximate surface area is 180 Å². The van der Waals surface area contributed by atoms with Gasteiger partial charge in [-0.05, 0) is 31.0 Å². The Balaban J connectivity index is 1.41. The molecule has 1 aliphatic rings. The number of nitrogens with one attached hydrogen (secondary N) is 1. The van der Waals surface area contributed by atoms with Gasteiger partial charge in [-0.15, -0.1) is 0 Å². The number of hydrogen-bond acceptors (Lipinski definition) is 6. The van der Waals surface area contributed by atoms with Crippen molar-refractivity contribution in [2.45, 2.75) is 13.8 Å². The number of thiazole rings is 1. The molecule has 0 radical (unpaired) electrons. The number of aryl methyl sites for hydroxylation is 2. The molecule has 0 bridgehead atoms. The van der Waals surface area contributed by atoms with Gasteiger partial charge >= 0.3 is 6.03 Å². The lowest BCUT2D eigenvalue weighted by Crippen LogP contribution is -2.50. The van der Waals surface area contributed by atoms with Gasteiger partial charge in [0.2, 0.25) is 0 Å². The van der Waals surface area contributed by atoms with Crippen molar-refractivity contribution in [3.63, 3.8) is 0 Å². The van der Waals surface area contributed by atoms with Crippen LogP contribution in [0.15, 0.2) is 30.3 Å². The average Bonchev–Trinajstić information content (AvgIpc) is 3.18. The maximum Gasteiger partial charge on any atom is 0.321 e. The van der Waals surface area contributed by atoms with E-state index in [1.165, 1.54) is 15.8 Å². The molecular weight excluding hydrogens is 400 g/mol. The van der Waals surface area contributed by atoms with E-state index in [0.29, 0.717) is 30.3 Å². The van der Waals surface area contributed by atoms with Crippen molar-refractivity contribution in [3.05, 3.63) is 41.5 Å². The predicted molar refractivity (Wildman–Crippen MR) is 121 cm³/mol. The first-order valence-electron chi connectivity index (χ1n) is 9.88. The van der Waals surface area contributed by atoms with Crippen molar-refractivity contribution < 1.29 is 14.3 Å². The maximum atomic E-state index is 12.7. The Hall–Kier alpha value is -3.00. The fraction of sp³-hybridized carbons (Fsp3) is 0.364. The Kier molecular flexibility index (Phi) is 5.67. The molecule has 4 rings (SSSR count). The van der Waals surface area contributed by atoms with Crippen molar-refractivity contribution in [2.75, 3.05) is 50.6 Å². The molecule has 1 saturated heterocycles. The number of methoxy groups -OCH3 is 2. The van der Waals surface area contributed by atoms with Gasteiger partial charge in [-0.2, -0.15) is 0 Å². The topological polar surface area (TPSA) is 66.9 Å². The SMILES string of the molecule is COc1cc(NC(=O)N2CCN(c3nc4c(C)cc(C)cc4s3)CC2)cc(OC)c1. The normalized spacial score (nSPS) is 14.1. The number of anilines is 2. The van der Waals surface area contributed by atoms with Crippen LogP contribution in [0.25, 0.3) is 10.2 Å². The van der Waals surface area contributed by atoms with Crippen LogP contribution in [0.5, 0.6) is 11.5 Å². The molecule has 2 heterocycles. The zero-order valence-electron chi connectivity index (χ0n) is 17.7. The summed E-state index contributed by atoms with van der Waals surface area (Å²) < 4.78 is 11.8. The quantitative estimate of drug-likeness (QED) is 0.674. The van der Waals surface area contributed by atoms with Crippen LogP contribution < -0.4 is 19.7 Å². The molecule has 3 aromatic rings. The first kappa shape index (κ1) is 20.3. The van der Waals surface area contributed by atoms with Crippen molar-refractivity contribution in [1.29, 1.82) is 0 Å². The van der Waals surface area contributed by atoms with Crippen LogP contribution in [-0.2, 0) is 0 Å². The summed E-state index contributed by atoms with van der Waals surface area (Å²) in [4.78, 5) is 21.7. The summed E-state index contributed by atoms with van der Waals surface area (Å²) in [6.07, 6.45) is 0. The smallest absolute Gasteiger partial charge is 0.321 e. The number of carbonyl (C=O) groups excluding carboxylic acids is 1. The standard InChI is InChI=1S/C22H26N4O3S/c1-14-9-15(2)20-19(10-14)30-22(24-20)26-7-5-25(6-8-26)21(27)23-16-11-17(28-3)13-18(12-16)29-4/h9-13H,5-8H2,1-4H3,(H,23,27). The summed E-state index contributed by atoms with van der Waals surface area (Å²) >= 11 is 1.72. The molecule has 30 heavy (non-hydrogen) atoms. The number of carbonyl (C=O) groups is 1. The molecule has 0 atom stereocenters. The Bertz CT molecular complexity index is 1050. The van der Waals surface area contributed by atoms with E-state index in [1.54, 1.807) is 43.8 Å². The lowest BCUT2D eigenvalue weighted by atomic mass is 10.1. The lowest BCUT2D eigenvalue weighted by Gasteiger charge is -2.34. The zero-order valence-corrected chi connectivity index (χ0v) is 18.5. The average molecular weight is 427 g/mol. The molecule has 0 saturated carbocycles. The third-order valence-electron chi connectivity index (χ3n) is 5.26. The minimum atomic E-state index is -0.124. The maximum absolute atomic E-state index is 12.7. The Morgan fingerprint density at radius 3 is 2.30 bits per heavy atom. The molecule has 1 N–H and O–H groups in total. The van der Waals surface area contributed by atoms with Crippen molar-refractivity contribution in [3.8, 4) is 11.5 Å². The van der Waals surface area contributed by atoms with E-state index in [4.69, 9.17) is 14.5 Å². The van der Waals surface area contributed by atoms with Crippen molar-refractivity contribution in [1.82, 2.24) is 9.88 Å². The monoisotopic (exact) mass is 426 g/mol. The highest BCUT2D eigenvalue weighted by atomic mass is 32.1. The number of piperazine rings is 1. The number of hydrogen-bond donors (Lipinski definition) is 1. The number of nitrogens with zero attached hydrogens (tertiary/aromatic N) is 3. The third-order valence-corrected chi connectivity index (χ3v) is 6.32. The molecule has 1 aliphatic heterocycles. The minimum Gasteiger partial charge on any atom is -0.497 e. The number of urea groups is 1. The van der Waals surface area contributed by atoms with Crippen LogP contribution >= 0.6 is 11.3 Å². The number of aromatic nitrogens is 1. The summed E-state index contributed by atoms with van der Waals surface area (Å²) in [6, 6.07) is 9.57. The summed E-state index contributed by atoms with van der Waals surface area (Å²) in [5.74, 6) is 1.27. The van der Waals surface area contributed by atoms with E-state index < -0.39 is 0 Å². The van der Waals surface area contributed by atoms with Crippen LogP contribution in [0, 0.1) is 13.8 Å². The van der Waals surface area contributed by atoms with E-state index in [0.717, 1.165) is 23.7 Å². The fourth-order valence-electron chi connectivity index (χ4n) is 3.68. The molecule has 0 spiro atoms. The van der Waals surface area contributed by atoms with Crippen LogP contribution in [-0.4, -0.2) is 56.3 Å².